The molecule has 2 saturated heterocycles. The van der Waals surface area contributed by atoms with E-state index in [1.54, 1.807) is 18.2 Å². The third kappa shape index (κ3) is 5.32. The van der Waals surface area contributed by atoms with E-state index in [1.165, 1.54) is 26.4 Å². The number of cyclic esters (lactones) is 1. The number of esters is 1. The summed E-state index contributed by atoms with van der Waals surface area (Å²) in [6.45, 7) is -0.405. The Labute approximate surface area is 213 Å². The number of rotatable bonds is 8. The van der Waals surface area contributed by atoms with Crippen LogP contribution in [0.25, 0.3) is 0 Å². The van der Waals surface area contributed by atoms with Gasteiger partial charge in [0, 0.05) is 11.5 Å². The number of aliphatic hydroxyl groups excluding tert-OH is 4. The van der Waals surface area contributed by atoms with Crippen molar-refractivity contribution in [2.24, 2.45) is 11.8 Å². The average molecular weight is 521 g/mol. The van der Waals surface area contributed by atoms with Crippen LogP contribution in [-0.2, 0) is 27.1 Å². The maximum absolute atomic E-state index is 12.7. The second-order valence-corrected chi connectivity index (χ2v) is 9.40. The lowest BCUT2D eigenvalue weighted by Gasteiger charge is -2.40. The monoisotopic (exact) mass is 520 g/mol. The normalized spacial score (nSPS) is 29.7. The molecule has 4 rings (SSSR count). The maximum Gasteiger partial charge on any atom is 0.309 e. The zero-order valence-electron chi connectivity index (χ0n) is 20.5. The topological polar surface area (TPSA) is 175 Å². The van der Waals surface area contributed by atoms with Gasteiger partial charge < -0.3 is 49.6 Å². The zero-order chi connectivity index (χ0) is 26.9. The summed E-state index contributed by atoms with van der Waals surface area (Å²) < 4.78 is 21.4. The van der Waals surface area contributed by atoms with Gasteiger partial charge in [-0.2, -0.15) is 0 Å². The number of benzene rings is 2. The van der Waals surface area contributed by atoms with Gasteiger partial charge in [-0.15, -0.1) is 0 Å². The van der Waals surface area contributed by atoms with Crippen molar-refractivity contribution in [1.82, 2.24) is 0 Å². The molecule has 2 aliphatic heterocycles. The number of carbonyl (C=O) groups excluding carboxylic acids is 1. The fourth-order valence-corrected chi connectivity index (χ4v) is 5.00. The van der Waals surface area contributed by atoms with Gasteiger partial charge in [0.25, 0.3) is 0 Å². The van der Waals surface area contributed by atoms with Gasteiger partial charge in [-0.1, -0.05) is 6.07 Å². The van der Waals surface area contributed by atoms with E-state index in [0.29, 0.717) is 17.7 Å². The Morgan fingerprint density at radius 1 is 0.919 bits per heavy atom. The highest BCUT2D eigenvalue weighted by atomic mass is 16.5. The van der Waals surface area contributed by atoms with E-state index in [4.69, 9.17) is 18.9 Å². The summed E-state index contributed by atoms with van der Waals surface area (Å²) >= 11 is 0. The molecule has 0 spiro atoms. The van der Waals surface area contributed by atoms with Crippen LogP contribution in [0.4, 0.5) is 0 Å². The third-order valence-corrected chi connectivity index (χ3v) is 7.09. The summed E-state index contributed by atoms with van der Waals surface area (Å²) in [7, 11) is 2.80. The van der Waals surface area contributed by atoms with E-state index in [1.807, 2.05) is 0 Å². The van der Waals surface area contributed by atoms with Crippen molar-refractivity contribution in [2.45, 2.75) is 43.4 Å². The number of hydrogen-bond donors (Lipinski definition) is 6. The van der Waals surface area contributed by atoms with E-state index >= 15 is 0 Å². The number of phenolic OH excluding ortho intramolecular Hbond substituents is 2. The Bertz CT molecular complexity index is 1120. The first-order valence-electron chi connectivity index (χ1n) is 11.9. The summed E-state index contributed by atoms with van der Waals surface area (Å²) in [4.78, 5) is 12.7. The molecule has 0 radical (unpaired) electrons. The minimum absolute atomic E-state index is 0.0125. The molecule has 37 heavy (non-hydrogen) atoms. The second kappa shape index (κ2) is 11.1. The smallest absolute Gasteiger partial charge is 0.309 e. The van der Waals surface area contributed by atoms with Crippen LogP contribution < -0.4 is 9.47 Å². The molecule has 0 bridgehead atoms. The van der Waals surface area contributed by atoms with Crippen molar-refractivity contribution in [1.29, 1.82) is 0 Å². The van der Waals surface area contributed by atoms with Crippen LogP contribution in [0.15, 0.2) is 30.3 Å². The highest BCUT2D eigenvalue weighted by Gasteiger charge is 2.45. The predicted molar refractivity (Wildman–Crippen MR) is 127 cm³/mol. The van der Waals surface area contributed by atoms with E-state index in [-0.39, 0.29) is 47.7 Å². The first-order chi connectivity index (χ1) is 17.7. The Hall–Kier alpha value is -3.09. The molecule has 7 atom stereocenters. The van der Waals surface area contributed by atoms with Crippen LogP contribution in [0.1, 0.15) is 22.8 Å². The summed E-state index contributed by atoms with van der Waals surface area (Å²) in [6, 6.07) is 8.08. The molecular formula is C26H32O11. The predicted octanol–water partition coefficient (Wildman–Crippen LogP) is 0.204. The summed E-state index contributed by atoms with van der Waals surface area (Å²) in [6.07, 6.45) is -6.49. The van der Waals surface area contributed by atoms with Crippen LogP contribution in [0.2, 0.25) is 0 Å². The highest BCUT2D eigenvalue weighted by molar-refractivity contribution is 5.75. The first-order valence-corrected chi connectivity index (χ1v) is 11.9. The van der Waals surface area contributed by atoms with E-state index < -0.39 is 43.0 Å². The molecule has 11 heteroatoms. The number of methoxy groups -OCH3 is 2. The van der Waals surface area contributed by atoms with E-state index in [2.05, 4.69) is 0 Å². The largest absolute Gasteiger partial charge is 0.504 e. The van der Waals surface area contributed by atoms with E-state index in [9.17, 15) is 35.4 Å². The van der Waals surface area contributed by atoms with Gasteiger partial charge in [0.05, 0.1) is 33.4 Å². The molecule has 0 aromatic heterocycles. The number of aromatic hydroxyl groups is 2. The molecule has 11 nitrogen and oxygen atoms in total. The second-order valence-electron chi connectivity index (χ2n) is 9.40. The molecule has 0 unspecified atom stereocenters. The lowest BCUT2D eigenvalue weighted by atomic mass is 9.83. The van der Waals surface area contributed by atoms with Gasteiger partial charge in [-0.25, -0.2) is 0 Å². The number of ether oxygens (including phenoxy) is 4. The van der Waals surface area contributed by atoms with Gasteiger partial charge in [0.1, 0.15) is 30.5 Å². The van der Waals surface area contributed by atoms with Crippen molar-refractivity contribution in [3.05, 3.63) is 47.0 Å². The fourth-order valence-electron chi connectivity index (χ4n) is 5.00. The number of hydrogen-bond acceptors (Lipinski definition) is 11. The Balaban J connectivity index is 1.62. The van der Waals surface area contributed by atoms with Crippen LogP contribution in [0.5, 0.6) is 23.0 Å². The van der Waals surface area contributed by atoms with Gasteiger partial charge in [0.2, 0.25) is 0 Å². The fraction of sp³-hybridized carbons (Fsp3) is 0.500. The Morgan fingerprint density at radius 3 is 2.30 bits per heavy atom. The number of carbonyl (C=O) groups is 1. The maximum atomic E-state index is 12.7. The van der Waals surface area contributed by atoms with Gasteiger partial charge in [-0.05, 0) is 48.2 Å². The molecule has 2 aliphatic rings. The molecule has 0 saturated carbocycles. The van der Waals surface area contributed by atoms with Gasteiger partial charge in [0.15, 0.2) is 23.0 Å². The highest BCUT2D eigenvalue weighted by Crippen LogP contribution is 2.42. The molecule has 0 aliphatic carbocycles. The zero-order valence-corrected chi connectivity index (χ0v) is 20.5. The standard InChI is InChI=1S/C26H32O11/c1-34-18-8-12(3-4-17(18)28)5-14-11-36-26(33)15(14)6-13-7-16(21(29)19(9-13)35-2)25-24(32)23(31)22(30)20(10-27)37-25/h3-4,7-9,14-15,20,22-25,27-32H,5-6,10-11H2,1-2H3/t14-,15+,20+,22+,23-,24+,25-/m0/s1. The Kier molecular flexibility index (Phi) is 8.10. The summed E-state index contributed by atoms with van der Waals surface area (Å²) in [5.74, 6) is -1.02. The van der Waals surface area contributed by atoms with Crippen LogP contribution in [0.3, 0.4) is 0 Å². The molecule has 6 N–H and O–H groups in total. The van der Waals surface area contributed by atoms with Crippen molar-refractivity contribution >= 4 is 5.97 Å². The molecule has 2 aromatic rings. The number of aliphatic hydroxyl groups is 4. The minimum atomic E-state index is -1.62. The molecule has 0 amide bonds. The third-order valence-electron chi connectivity index (χ3n) is 7.09. The number of phenols is 2. The van der Waals surface area contributed by atoms with Gasteiger partial charge >= 0.3 is 5.97 Å². The van der Waals surface area contributed by atoms with E-state index in [0.717, 1.165) is 5.56 Å². The van der Waals surface area contributed by atoms with Crippen LogP contribution >= 0.6 is 0 Å². The summed E-state index contributed by atoms with van der Waals surface area (Å²) in [5.41, 5.74) is 1.52. The van der Waals surface area contributed by atoms with Crippen molar-refractivity contribution in [3.8, 4) is 23.0 Å². The first kappa shape index (κ1) is 27.0. The lowest BCUT2D eigenvalue weighted by molar-refractivity contribution is -0.232. The van der Waals surface area contributed by atoms with Crippen LogP contribution in [-0.4, -0.2) is 88.5 Å². The molecule has 202 valence electrons. The molecular weight excluding hydrogens is 488 g/mol. The quantitative estimate of drug-likeness (QED) is 0.262. The van der Waals surface area contributed by atoms with Crippen LogP contribution in [0, 0.1) is 11.8 Å². The van der Waals surface area contributed by atoms with Crippen molar-refractivity contribution in [3.63, 3.8) is 0 Å². The Morgan fingerprint density at radius 2 is 1.62 bits per heavy atom. The average Bonchev–Trinajstić information content (AvgIpc) is 3.23. The molecule has 2 fully saturated rings. The minimum Gasteiger partial charge on any atom is -0.504 e. The molecule has 2 aromatic carbocycles. The SMILES string of the molecule is COc1cc(C[C@H]2COC(=O)[C@@H]2Cc2cc(OC)c(O)c([C@@H]3O[C@H](CO)[C@@H](O)[C@H](O)[C@H]3O)c2)ccc1O. The summed E-state index contributed by atoms with van der Waals surface area (Å²) in [5, 5.41) is 61.1. The van der Waals surface area contributed by atoms with Gasteiger partial charge in [-0.3, -0.25) is 4.79 Å². The van der Waals surface area contributed by atoms with Crippen molar-refractivity contribution in [2.75, 3.05) is 27.4 Å². The lowest BCUT2D eigenvalue weighted by Crippen LogP contribution is -2.55. The van der Waals surface area contributed by atoms with Crippen molar-refractivity contribution < 1.29 is 54.4 Å². The molecule has 2 heterocycles.